The molecule has 0 fully saturated rings. The normalized spacial score (nSPS) is 10.3. The quantitative estimate of drug-likeness (QED) is 0.680. The van der Waals surface area contributed by atoms with Crippen LogP contribution in [0.4, 0.5) is 5.69 Å². The number of hydrogen-bond donors (Lipinski definition) is 2. The third-order valence-electron chi connectivity index (χ3n) is 3.83. The van der Waals surface area contributed by atoms with Gasteiger partial charge in [-0.1, -0.05) is 31.0 Å². The molecular formula is C20H23ClN2O3. The molecule has 2 rings (SSSR count). The van der Waals surface area contributed by atoms with Crippen LogP contribution in [0.1, 0.15) is 35.7 Å². The predicted octanol–water partition coefficient (Wildman–Crippen LogP) is 4.20. The van der Waals surface area contributed by atoms with Crippen molar-refractivity contribution in [3.8, 4) is 5.75 Å². The highest BCUT2D eigenvalue weighted by atomic mass is 35.5. The van der Waals surface area contributed by atoms with Gasteiger partial charge in [-0.15, -0.1) is 0 Å². The molecule has 0 heterocycles. The van der Waals surface area contributed by atoms with Crippen LogP contribution < -0.4 is 15.4 Å². The van der Waals surface area contributed by atoms with E-state index in [9.17, 15) is 9.59 Å². The van der Waals surface area contributed by atoms with E-state index in [4.69, 9.17) is 16.3 Å². The smallest absolute Gasteiger partial charge is 0.251 e. The van der Waals surface area contributed by atoms with Crippen LogP contribution in [0.15, 0.2) is 42.5 Å². The number of anilines is 1. The van der Waals surface area contributed by atoms with Crippen molar-refractivity contribution >= 4 is 29.1 Å². The molecule has 0 unspecified atom stereocenters. The zero-order valence-electron chi connectivity index (χ0n) is 15.0. The first kappa shape index (κ1) is 19.8. The van der Waals surface area contributed by atoms with E-state index >= 15 is 0 Å². The number of carbonyl (C=O) groups excluding carboxylic acids is 2. The van der Waals surface area contributed by atoms with Crippen LogP contribution >= 0.6 is 11.6 Å². The molecule has 2 aromatic carbocycles. The molecule has 2 amide bonds. The van der Waals surface area contributed by atoms with Gasteiger partial charge < -0.3 is 15.4 Å². The van der Waals surface area contributed by atoms with Crippen LogP contribution in [0.3, 0.4) is 0 Å². The zero-order valence-corrected chi connectivity index (χ0v) is 15.7. The Morgan fingerprint density at radius 2 is 1.85 bits per heavy atom. The minimum Gasteiger partial charge on any atom is -0.494 e. The molecule has 2 N–H and O–H groups in total. The number of carbonyl (C=O) groups is 2. The minimum atomic E-state index is -0.317. The van der Waals surface area contributed by atoms with Crippen molar-refractivity contribution in [2.45, 2.75) is 26.7 Å². The summed E-state index contributed by atoms with van der Waals surface area (Å²) in [4.78, 5) is 24.2. The SMILES string of the molecule is CCCCOc1ccc(C(=O)NCC(=O)Nc2cccc(Cl)c2C)cc1. The molecule has 5 nitrogen and oxygen atoms in total. The Bertz CT molecular complexity index is 760. The molecule has 26 heavy (non-hydrogen) atoms. The van der Waals surface area contributed by atoms with E-state index in [1.807, 2.05) is 6.92 Å². The van der Waals surface area contributed by atoms with Crippen molar-refractivity contribution in [1.29, 1.82) is 0 Å². The van der Waals surface area contributed by atoms with Crippen LogP contribution in [0.2, 0.25) is 5.02 Å². The van der Waals surface area contributed by atoms with Gasteiger partial charge in [-0.25, -0.2) is 0 Å². The monoisotopic (exact) mass is 374 g/mol. The second-order valence-corrected chi connectivity index (χ2v) is 6.28. The standard InChI is InChI=1S/C20H23ClN2O3/c1-3-4-12-26-16-10-8-15(9-11-16)20(25)22-13-19(24)23-18-7-5-6-17(21)14(18)2/h5-11H,3-4,12-13H2,1-2H3,(H,22,25)(H,23,24). The van der Waals surface area contributed by atoms with Gasteiger partial charge in [0.15, 0.2) is 0 Å². The summed E-state index contributed by atoms with van der Waals surface area (Å²) < 4.78 is 5.56. The number of unbranched alkanes of at least 4 members (excludes halogenated alkanes) is 1. The highest BCUT2D eigenvalue weighted by Gasteiger charge is 2.10. The summed E-state index contributed by atoms with van der Waals surface area (Å²) in [5.41, 5.74) is 1.89. The fourth-order valence-electron chi connectivity index (χ4n) is 2.24. The first-order valence-electron chi connectivity index (χ1n) is 8.57. The second kappa shape index (κ2) is 9.82. The molecule has 6 heteroatoms. The highest BCUT2D eigenvalue weighted by molar-refractivity contribution is 6.31. The maximum absolute atomic E-state index is 12.1. The summed E-state index contributed by atoms with van der Waals surface area (Å²) >= 11 is 6.03. The summed E-state index contributed by atoms with van der Waals surface area (Å²) in [5.74, 6) is 0.0930. The molecule has 0 atom stereocenters. The molecule has 0 radical (unpaired) electrons. The van der Waals surface area contributed by atoms with Crippen molar-refractivity contribution in [2.75, 3.05) is 18.5 Å². The molecule has 2 aromatic rings. The summed E-state index contributed by atoms with van der Waals surface area (Å²) in [7, 11) is 0. The van der Waals surface area contributed by atoms with E-state index in [2.05, 4.69) is 17.6 Å². The molecule has 0 aliphatic carbocycles. The number of hydrogen-bond acceptors (Lipinski definition) is 3. The van der Waals surface area contributed by atoms with Gasteiger partial charge in [-0.3, -0.25) is 9.59 Å². The first-order chi connectivity index (χ1) is 12.5. The highest BCUT2D eigenvalue weighted by Crippen LogP contribution is 2.22. The van der Waals surface area contributed by atoms with Crippen LogP contribution in [0, 0.1) is 6.92 Å². The molecule has 138 valence electrons. The molecule has 0 aliphatic heterocycles. The summed E-state index contributed by atoms with van der Waals surface area (Å²) in [6.45, 7) is 4.45. The lowest BCUT2D eigenvalue weighted by Crippen LogP contribution is -2.33. The van der Waals surface area contributed by atoms with Crippen LogP contribution in [0.5, 0.6) is 5.75 Å². The molecular weight excluding hydrogens is 352 g/mol. The number of nitrogens with one attached hydrogen (secondary N) is 2. The number of halogens is 1. The average molecular weight is 375 g/mol. The van der Waals surface area contributed by atoms with Crippen LogP contribution in [-0.2, 0) is 4.79 Å². The average Bonchev–Trinajstić information content (AvgIpc) is 2.64. The van der Waals surface area contributed by atoms with Crippen molar-refractivity contribution in [2.24, 2.45) is 0 Å². The lowest BCUT2D eigenvalue weighted by molar-refractivity contribution is -0.115. The molecule has 0 aromatic heterocycles. The Morgan fingerprint density at radius 3 is 2.54 bits per heavy atom. The Hall–Kier alpha value is -2.53. The van der Waals surface area contributed by atoms with Gasteiger partial charge in [-0.05, 0) is 55.3 Å². The summed E-state index contributed by atoms with van der Waals surface area (Å²) in [6, 6.07) is 12.1. The molecule has 0 saturated carbocycles. The fourth-order valence-corrected chi connectivity index (χ4v) is 2.41. The van der Waals surface area contributed by atoms with Crippen molar-refractivity contribution < 1.29 is 14.3 Å². The van der Waals surface area contributed by atoms with E-state index < -0.39 is 0 Å². The number of rotatable bonds is 8. The molecule has 0 aliphatic rings. The number of amides is 2. The lowest BCUT2D eigenvalue weighted by Gasteiger charge is -2.10. The van der Waals surface area contributed by atoms with Crippen molar-refractivity contribution in [1.82, 2.24) is 5.32 Å². The minimum absolute atomic E-state index is 0.125. The van der Waals surface area contributed by atoms with E-state index in [1.165, 1.54) is 0 Å². The van der Waals surface area contributed by atoms with Gasteiger partial charge >= 0.3 is 0 Å². The Balaban J connectivity index is 1.84. The molecule has 0 bridgehead atoms. The third kappa shape index (κ3) is 5.77. The van der Waals surface area contributed by atoms with Crippen molar-refractivity contribution in [3.63, 3.8) is 0 Å². The molecule has 0 spiro atoms. The van der Waals surface area contributed by atoms with Crippen LogP contribution in [0.25, 0.3) is 0 Å². The van der Waals surface area contributed by atoms with E-state index in [-0.39, 0.29) is 18.4 Å². The fraction of sp³-hybridized carbons (Fsp3) is 0.300. The van der Waals surface area contributed by atoms with Gasteiger partial charge in [0.25, 0.3) is 5.91 Å². The largest absolute Gasteiger partial charge is 0.494 e. The number of benzene rings is 2. The Labute approximate surface area is 158 Å². The maximum Gasteiger partial charge on any atom is 0.251 e. The van der Waals surface area contributed by atoms with Gasteiger partial charge in [0, 0.05) is 16.3 Å². The Morgan fingerprint density at radius 1 is 1.12 bits per heavy atom. The predicted molar refractivity (Wildman–Crippen MR) is 104 cm³/mol. The second-order valence-electron chi connectivity index (χ2n) is 5.87. The topological polar surface area (TPSA) is 67.4 Å². The maximum atomic E-state index is 12.1. The third-order valence-corrected chi connectivity index (χ3v) is 4.24. The van der Waals surface area contributed by atoms with E-state index in [1.54, 1.807) is 42.5 Å². The summed E-state index contributed by atoms with van der Waals surface area (Å²) in [6.07, 6.45) is 2.06. The summed E-state index contributed by atoms with van der Waals surface area (Å²) in [5, 5.41) is 5.91. The van der Waals surface area contributed by atoms with Crippen molar-refractivity contribution in [3.05, 3.63) is 58.6 Å². The molecule has 0 saturated heterocycles. The zero-order chi connectivity index (χ0) is 18.9. The van der Waals surface area contributed by atoms with Crippen LogP contribution in [-0.4, -0.2) is 25.0 Å². The van der Waals surface area contributed by atoms with E-state index in [0.717, 1.165) is 24.2 Å². The lowest BCUT2D eigenvalue weighted by atomic mass is 10.2. The number of ether oxygens (including phenoxy) is 1. The van der Waals surface area contributed by atoms with E-state index in [0.29, 0.717) is 22.9 Å². The van der Waals surface area contributed by atoms with Gasteiger partial charge in [0.1, 0.15) is 5.75 Å². The van der Waals surface area contributed by atoms with Gasteiger partial charge in [-0.2, -0.15) is 0 Å². The first-order valence-corrected chi connectivity index (χ1v) is 8.95. The Kier molecular flexibility index (Phi) is 7.48. The van der Waals surface area contributed by atoms with Gasteiger partial charge in [0.2, 0.25) is 5.91 Å². The van der Waals surface area contributed by atoms with Gasteiger partial charge in [0.05, 0.1) is 13.2 Å².